The molecule has 2 amide bonds. The van der Waals surface area contributed by atoms with E-state index in [1.165, 1.54) is 11.8 Å². The third-order valence-electron chi connectivity index (χ3n) is 3.90. The van der Waals surface area contributed by atoms with Crippen LogP contribution in [-0.4, -0.2) is 22.0 Å². The largest absolute Gasteiger partial charge is 0.366 e. The van der Waals surface area contributed by atoms with Crippen molar-refractivity contribution in [2.45, 2.75) is 43.4 Å². The Bertz CT molecular complexity index is 859. The van der Waals surface area contributed by atoms with E-state index in [0.29, 0.717) is 28.3 Å². The molecule has 1 aromatic heterocycles. The van der Waals surface area contributed by atoms with E-state index < -0.39 is 11.2 Å². The van der Waals surface area contributed by atoms with Crippen molar-refractivity contribution in [3.05, 3.63) is 53.2 Å². The molecule has 0 bridgehead atoms. The van der Waals surface area contributed by atoms with Crippen LogP contribution in [0.1, 0.15) is 48.3 Å². The van der Waals surface area contributed by atoms with E-state index in [2.05, 4.69) is 23.3 Å². The van der Waals surface area contributed by atoms with E-state index in [1.807, 2.05) is 13.0 Å². The number of amides is 2. The number of nitriles is 1. The quantitative estimate of drug-likeness (QED) is 0.679. The summed E-state index contributed by atoms with van der Waals surface area (Å²) in [4.78, 5) is 28.3. The van der Waals surface area contributed by atoms with Crippen molar-refractivity contribution in [2.24, 2.45) is 5.73 Å². The van der Waals surface area contributed by atoms with Gasteiger partial charge in [0.25, 0.3) is 0 Å². The van der Waals surface area contributed by atoms with Gasteiger partial charge in [-0.15, -0.1) is 0 Å². The lowest BCUT2D eigenvalue weighted by Crippen LogP contribution is -2.25. The minimum Gasteiger partial charge on any atom is -0.366 e. The zero-order valence-corrected chi connectivity index (χ0v) is 16.2. The predicted octanol–water partition coefficient (Wildman–Crippen LogP) is 3.51. The summed E-state index contributed by atoms with van der Waals surface area (Å²) in [5.41, 5.74) is 7.56. The number of nitrogens with two attached hydrogens (primary N) is 1. The number of carbonyl (C=O) groups is 2. The molecule has 0 aliphatic rings. The van der Waals surface area contributed by atoms with Gasteiger partial charge in [-0.25, -0.2) is 4.98 Å². The molecule has 0 aliphatic carbocycles. The summed E-state index contributed by atoms with van der Waals surface area (Å²) in [5.74, 6) is -0.696. The molecule has 0 fully saturated rings. The summed E-state index contributed by atoms with van der Waals surface area (Å²) in [6, 6.07) is 12.2. The molecule has 27 heavy (non-hydrogen) atoms. The second-order valence-corrected chi connectivity index (χ2v) is 7.15. The highest BCUT2D eigenvalue weighted by Crippen LogP contribution is 2.28. The average Bonchev–Trinajstić information content (AvgIpc) is 2.66. The Balaban J connectivity index is 2.14. The number of pyridine rings is 1. The number of hydrogen-bond donors (Lipinski definition) is 2. The fourth-order valence-electron chi connectivity index (χ4n) is 2.45. The van der Waals surface area contributed by atoms with Gasteiger partial charge in [0.2, 0.25) is 11.8 Å². The molecule has 0 aliphatic heterocycles. The first-order chi connectivity index (χ1) is 13.0. The van der Waals surface area contributed by atoms with Crippen LogP contribution in [0.4, 0.5) is 5.69 Å². The van der Waals surface area contributed by atoms with Crippen LogP contribution in [0.5, 0.6) is 0 Å². The van der Waals surface area contributed by atoms with Gasteiger partial charge in [-0.3, -0.25) is 9.59 Å². The van der Waals surface area contributed by atoms with Crippen LogP contribution < -0.4 is 11.1 Å². The first-order valence-corrected chi connectivity index (χ1v) is 9.63. The normalized spacial score (nSPS) is 11.4. The third kappa shape index (κ3) is 5.56. The maximum Gasteiger partial charge on any atom is 0.248 e. The van der Waals surface area contributed by atoms with Gasteiger partial charge in [0.1, 0.15) is 11.1 Å². The van der Waals surface area contributed by atoms with Gasteiger partial charge in [0.05, 0.1) is 10.8 Å². The molecule has 140 valence electrons. The van der Waals surface area contributed by atoms with Crippen LogP contribution in [-0.2, 0) is 11.2 Å². The standard InChI is InChI=1S/C20H22N4O2S/c1-3-5-15-11-8-14(12-21)20(24-15)27-17(4-2)19(26)23-16-9-6-13(7-10-16)18(22)25/h6-11,17H,3-5H2,1-2H3,(H2,22,25)(H,23,26). The molecule has 0 saturated heterocycles. The molecule has 0 spiro atoms. The molecule has 1 aromatic carbocycles. The number of nitrogens with one attached hydrogen (secondary N) is 1. The Morgan fingerprint density at radius 1 is 1.22 bits per heavy atom. The molecule has 6 nitrogen and oxygen atoms in total. The highest BCUT2D eigenvalue weighted by atomic mass is 32.2. The zero-order chi connectivity index (χ0) is 19.8. The minimum absolute atomic E-state index is 0.180. The highest BCUT2D eigenvalue weighted by molar-refractivity contribution is 8.00. The van der Waals surface area contributed by atoms with Crippen LogP contribution in [0.3, 0.4) is 0 Å². The van der Waals surface area contributed by atoms with Crippen LogP contribution in [0.2, 0.25) is 0 Å². The minimum atomic E-state index is -0.517. The lowest BCUT2D eigenvalue weighted by molar-refractivity contribution is -0.115. The van der Waals surface area contributed by atoms with Crippen molar-refractivity contribution in [3.8, 4) is 6.07 Å². The van der Waals surface area contributed by atoms with Crippen LogP contribution >= 0.6 is 11.8 Å². The number of thioether (sulfide) groups is 1. The van der Waals surface area contributed by atoms with E-state index in [-0.39, 0.29) is 5.91 Å². The van der Waals surface area contributed by atoms with E-state index in [0.717, 1.165) is 18.5 Å². The second kappa shape index (κ2) is 9.74. The summed E-state index contributed by atoms with van der Waals surface area (Å²) in [6.07, 6.45) is 2.37. The topological polar surface area (TPSA) is 109 Å². The number of carbonyl (C=O) groups excluding carboxylic acids is 2. The van der Waals surface area contributed by atoms with E-state index in [1.54, 1.807) is 30.3 Å². The maximum absolute atomic E-state index is 12.6. The van der Waals surface area contributed by atoms with Gasteiger partial charge in [-0.05, 0) is 49.2 Å². The summed E-state index contributed by atoms with van der Waals surface area (Å²) in [6.45, 7) is 3.98. The smallest absolute Gasteiger partial charge is 0.248 e. The Morgan fingerprint density at radius 2 is 1.93 bits per heavy atom. The number of rotatable bonds is 8. The Kier molecular flexibility index (Phi) is 7.38. The molecule has 1 heterocycles. The molecule has 1 unspecified atom stereocenters. The Labute approximate surface area is 163 Å². The molecule has 0 saturated carbocycles. The summed E-state index contributed by atoms with van der Waals surface area (Å²) < 4.78 is 0. The number of nitrogens with zero attached hydrogens (tertiary/aromatic N) is 2. The summed E-state index contributed by atoms with van der Waals surface area (Å²) >= 11 is 1.30. The lowest BCUT2D eigenvalue weighted by Gasteiger charge is -2.15. The van der Waals surface area contributed by atoms with Gasteiger partial charge < -0.3 is 11.1 Å². The number of hydrogen-bond acceptors (Lipinski definition) is 5. The first kappa shape index (κ1) is 20.5. The van der Waals surface area contributed by atoms with Crippen LogP contribution in [0.25, 0.3) is 0 Å². The Hall–Kier alpha value is -2.85. The number of benzene rings is 1. The van der Waals surface area contributed by atoms with Gasteiger partial charge in [0.15, 0.2) is 0 Å². The molecular weight excluding hydrogens is 360 g/mol. The first-order valence-electron chi connectivity index (χ1n) is 8.75. The predicted molar refractivity (Wildman–Crippen MR) is 106 cm³/mol. The summed E-state index contributed by atoms with van der Waals surface area (Å²) in [7, 11) is 0. The number of aromatic nitrogens is 1. The summed E-state index contributed by atoms with van der Waals surface area (Å²) in [5, 5.41) is 12.3. The van der Waals surface area contributed by atoms with Crippen molar-refractivity contribution >= 4 is 29.3 Å². The molecular formula is C20H22N4O2S. The number of aryl methyl sites for hydroxylation is 1. The van der Waals surface area contributed by atoms with Crippen LogP contribution in [0.15, 0.2) is 41.4 Å². The van der Waals surface area contributed by atoms with E-state index in [4.69, 9.17) is 5.73 Å². The molecule has 1 atom stereocenters. The molecule has 3 N–H and O–H groups in total. The average molecular weight is 382 g/mol. The van der Waals surface area contributed by atoms with Crippen LogP contribution in [0, 0.1) is 11.3 Å². The fourth-order valence-corrected chi connectivity index (χ4v) is 3.46. The lowest BCUT2D eigenvalue weighted by atomic mass is 10.2. The monoisotopic (exact) mass is 382 g/mol. The fraction of sp³-hybridized carbons (Fsp3) is 0.300. The van der Waals surface area contributed by atoms with E-state index >= 15 is 0 Å². The molecule has 7 heteroatoms. The van der Waals surface area contributed by atoms with Crippen molar-refractivity contribution < 1.29 is 9.59 Å². The van der Waals surface area contributed by atoms with E-state index in [9.17, 15) is 14.9 Å². The number of primary amides is 1. The third-order valence-corrected chi connectivity index (χ3v) is 5.26. The van der Waals surface area contributed by atoms with Gasteiger partial charge in [0, 0.05) is 16.9 Å². The highest BCUT2D eigenvalue weighted by Gasteiger charge is 2.21. The zero-order valence-electron chi connectivity index (χ0n) is 15.4. The Morgan fingerprint density at radius 3 is 2.48 bits per heavy atom. The van der Waals surface area contributed by atoms with Gasteiger partial charge in [-0.2, -0.15) is 5.26 Å². The molecule has 2 rings (SSSR count). The van der Waals surface area contributed by atoms with Crippen molar-refractivity contribution in [2.75, 3.05) is 5.32 Å². The van der Waals surface area contributed by atoms with Crippen molar-refractivity contribution in [3.63, 3.8) is 0 Å². The SMILES string of the molecule is CCCc1ccc(C#N)c(SC(CC)C(=O)Nc2ccc(C(N)=O)cc2)n1. The van der Waals surface area contributed by atoms with Crippen molar-refractivity contribution in [1.29, 1.82) is 5.26 Å². The maximum atomic E-state index is 12.6. The molecule has 2 aromatic rings. The van der Waals surface area contributed by atoms with Crippen molar-refractivity contribution in [1.82, 2.24) is 4.98 Å². The molecule has 0 radical (unpaired) electrons. The van der Waals surface area contributed by atoms with Gasteiger partial charge >= 0.3 is 0 Å². The second-order valence-electron chi connectivity index (χ2n) is 5.96. The van der Waals surface area contributed by atoms with Gasteiger partial charge in [-0.1, -0.05) is 32.0 Å². The number of anilines is 1.